The minimum atomic E-state index is -0.708. The maximum absolute atomic E-state index is 13.6. The van der Waals surface area contributed by atoms with E-state index in [2.05, 4.69) is 15.6 Å². The standard InChI is InChI=1S/C18H12ClF2N3O/c19-12-6-4-11(5-7-12)18(25)24-16-9-8-13(10-22-16)23-17-14(20)2-1-3-15(17)21/h1-10,23H,(H,22,24,25). The van der Waals surface area contributed by atoms with Crippen LogP contribution < -0.4 is 10.6 Å². The van der Waals surface area contributed by atoms with Gasteiger partial charge in [-0.2, -0.15) is 0 Å². The maximum atomic E-state index is 13.6. The largest absolute Gasteiger partial charge is 0.349 e. The average Bonchev–Trinajstić information content (AvgIpc) is 2.60. The first-order valence-electron chi connectivity index (χ1n) is 7.27. The van der Waals surface area contributed by atoms with Crippen molar-refractivity contribution in [1.29, 1.82) is 0 Å². The van der Waals surface area contributed by atoms with Crippen molar-refractivity contribution in [3.05, 3.63) is 83.0 Å². The first kappa shape index (κ1) is 16.9. The molecule has 3 aromatic rings. The summed E-state index contributed by atoms with van der Waals surface area (Å²) in [6, 6.07) is 13.1. The number of anilines is 3. The number of rotatable bonds is 4. The van der Waals surface area contributed by atoms with Crippen molar-refractivity contribution in [1.82, 2.24) is 4.98 Å². The molecule has 126 valence electrons. The van der Waals surface area contributed by atoms with E-state index in [9.17, 15) is 13.6 Å². The molecule has 0 bridgehead atoms. The number of carbonyl (C=O) groups is 1. The summed E-state index contributed by atoms with van der Waals surface area (Å²) in [6.45, 7) is 0. The van der Waals surface area contributed by atoms with Gasteiger partial charge in [0.15, 0.2) is 0 Å². The molecule has 0 atom stereocenters. The number of hydrogen-bond donors (Lipinski definition) is 2. The molecular weight excluding hydrogens is 348 g/mol. The minimum absolute atomic E-state index is 0.262. The van der Waals surface area contributed by atoms with Crippen LogP contribution in [0.3, 0.4) is 0 Å². The number of pyridine rings is 1. The molecule has 0 saturated heterocycles. The molecule has 0 spiro atoms. The quantitative estimate of drug-likeness (QED) is 0.688. The zero-order valence-electron chi connectivity index (χ0n) is 12.8. The lowest BCUT2D eigenvalue weighted by Gasteiger charge is -2.09. The number of nitrogens with one attached hydrogen (secondary N) is 2. The van der Waals surface area contributed by atoms with Gasteiger partial charge in [-0.1, -0.05) is 17.7 Å². The van der Waals surface area contributed by atoms with Crippen molar-refractivity contribution in [2.75, 3.05) is 10.6 Å². The summed E-state index contributed by atoms with van der Waals surface area (Å²) in [5.41, 5.74) is 0.553. The number of hydrogen-bond acceptors (Lipinski definition) is 3. The van der Waals surface area contributed by atoms with Crippen LogP contribution in [0.4, 0.5) is 26.0 Å². The molecular formula is C18H12ClF2N3O. The van der Waals surface area contributed by atoms with Crippen molar-refractivity contribution in [3.8, 4) is 0 Å². The van der Waals surface area contributed by atoms with E-state index in [-0.39, 0.29) is 11.6 Å². The molecule has 2 aromatic carbocycles. The first-order chi connectivity index (χ1) is 12.0. The van der Waals surface area contributed by atoms with E-state index in [0.717, 1.165) is 12.1 Å². The van der Waals surface area contributed by atoms with Crippen LogP contribution in [0.1, 0.15) is 10.4 Å². The molecule has 0 aliphatic carbocycles. The molecule has 0 radical (unpaired) electrons. The van der Waals surface area contributed by atoms with Crippen LogP contribution in [0.15, 0.2) is 60.8 Å². The van der Waals surface area contributed by atoms with Crippen molar-refractivity contribution >= 4 is 34.7 Å². The first-order valence-corrected chi connectivity index (χ1v) is 7.65. The number of nitrogens with zero attached hydrogens (tertiary/aromatic N) is 1. The summed E-state index contributed by atoms with van der Waals surface area (Å²) < 4.78 is 27.2. The second-order valence-corrected chi connectivity index (χ2v) is 5.55. The Bertz CT molecular complexity index is 879. The van der Waals surface area contributed by atoms with Gasteiger partial charge in [0.25, 0.3) is 5.91 Å². The molecule has 2 N–H and O–H groups in total. The molecule has 1 amide bonds. The lowest BCUT2D eigenvalue weighted by Crippen LogP contribution is -2.12. The van der Waals surface area contributed by atoms with E-state index in [1.807, 2.05) is 0 Å². The minimum Gasteiger partial charge on any atom is -0.349 e. The molecule has 4 nitrogen and oxygen atoms in total. The molecule has 3 rings (SSSR count). The third-order valence-corrected chi connectivity index (χ3v) is 3.60. The Morgan fingerprint density at radius 2 is 1.64 bits per heavy atom. The van der Waals surface area contributed by atoms with Gasteiger partial charge in [0.05, 0.1) is 11.9 Å². The van der Waals surface area contributed by atoms with Gasteiger partial charge in [-0.25, -0.2) is 13.8 Å². The Kier molecular flexibility index (Phi) is 4.90. The van der Waals surface area contributed by atoms with Crippen molar-refractivity contribution in [2.24, 2.45) is 0 Å². The second-order valence-electron chi connectivity index (χ2n) is 5.11. The Morgan fingerprint density at radius 3 is 2.24 bits per heavy atom. The number of halogens is 3. The Hall–Kier alpha value is -2.99. The molecule has 1 heterocycles. The van der Waals surface area contributed by atoms with Crippen LogP contribution in [-0.4, -0.2) is 10.9 Å². The molecule has 0 saturated carbocycles. The van der Waals surface area contributed by atoms with Gasteiger partial charge in [0, 0.05) is 10.6 Å². The van der Waals surface area contributed by atoms with E-state index >= 15 is 0 Å². The summed E-state index contributed by atoms with van der Waals surface area (Å²) >= 11 is 5.78. The van der Waals surface area contributed by atoms with Gasteiger partial charge in [-0.3, -0.25) is 4.79 Å². The summed E-state index contributed by atoms with van der Waals surface area (Å²) in [5, 5.41) is 5.77. The van der Waals surface area contributed by atoms with Crippen molar-refractivity contribution in [2.45, 2.75) is 0 Å². The fraction of sp³-hybridized carbons (Fsp3) is 0. The number of para-hydroxylation sites is 1. The van der Waals surface area contributed by atoms with Gasteiger partial charge in [-0.15, -0.1) is 0 Å². The predicted molar refractivity (Wildman–Crippen MR) is 93.3 cm³/mol. The highest BCUT2D eigenvalue weighted by Gasteiger charge is 2.10. The second kappa shape index (κ2) is 7.27. The van der Waals surface area contributed by atoms with E-state index < -0.39 is 11.6 Å². The Balaban J connectivity index is 1.70. The zero-order chi connectivity index (χ0) is 17.8. The van der Waals surface area contributed by atoms with Crippen LogP contribution in [0, 0.1) is 11.6 Å². The molecule has 7 heteroatoms. The van der Waals surface area contributed by atoms with Gasteiger partial charge in [0.1, 0.15) is 23.1 Å². The van der Waals surface area contributed by atoms with Gasteiger partial charge in [-0.05, 0) is 48.5 Å². The summed E-state index contributed by atoms with van der Waals surface area (Å²) in [6.07, 6.45) is 1.36. The number of benzene rings is 2. The average molecular weight is 360 g/mol. The van der Waals surface area contributed by atoms with Gasteiger partial charge in [0.2, 0.25) is 0 Å². The highest BCUT2D eigenvalue weighted by Crippen LogP contribution is 2.23. The van der Waals surface area contributed by atoms with E-state index in [1.165, 1.54) is 18.3 Å². The fourth-order valence-corrected chi connectivity index (χ4v) is 2.22. The van der Waals surface area contributed by atoms with Crippen LogP contribution in [-0.2, 0) is 0 Å². The summed E-state index contributed by atoms with van der Waals surface area (Å²) in [5.74, 6) is -1.45. The smallest absolute Gasteiger partial charge is 0.256 e. The highest BCUT2D eigenvalue weighted by atomic mass is 35.5. The molecule has 0 aliphatic heterocycles. The lowest BCUT2D eigenvalue weighted by molar-refractivity contribution is 0.102. The third kappa shape index (κ3) is 4.10. The molecule has 0 unspecified atom stereocenters. The van der Waals surface area contributed by atoms with Gasteiger partial charge < -0.3 is 10.6 Å². The number of aromatic nitrogens is 1. The van der Waals surface area contributed by atoms with Crippen molar-refractivity contribution < 1.29 is 13.6 Å². The van der Waals surface area contributed by atoms with Crippen LogP contribution in [0.25, 0.3) is 0 Å². The number of carbonyl (C=O) groups excluding carboxylic acids is 1. The molecule has 1 aromatic heterocycles. The monoisotopic (exact) mass is 359 g/mol. The van der Waals surface area contributed by atoms with Gasteiger partial charge >= 0.3 is 0 Å². The summed E-state index contributed by atoms with van der Waals surface area (Å²) in [4.78, 5) is 16.1. The maximum Gasteiger partial charge on any atom is 0.256 e. The Morgan fingerprint density at radius 1 is 0.960 bits per heavy atom. The van der Waals surface area contributed by atoms with Crippen LogP contribution in [0.5, 0.6) is 0 Å². The zero-order valence-corrected chi connectivity index (χ0v) is 13.5. The topological polar surface area (TPSA) is 54.0 Å². The normalized spacial score (nSPS) is 10.4. The van der Waals surface area contributed by atoms with Crippen LogP contribution in [0.2, 0.25) is 5.02 Å². The SMILES string of the molecule is O=C(Nc1ccc(Nc2c(F)cccc2F)cn1)c1ccc(Cl)cc1. The third-order valence-electron chi connectivity index (χ3n) is 3.34. The fourth-order valence-electron chi connectivity index (χ4n) is 2.09. The van der Waals surface area contributed by atoms with Crippen LogP contribution >= 0.6 is 11.6 Å². The molecule has 0 fully saturated rings. The highest BCUT2D eigenvalue weighted by molar-refractivity contribution is 6.30. The van der Waals surface area contributed by atoms with E-state index in [1.54, 1.807) is 30.3 Å². The summed E-state index contributed by atoms with van der Waals surface area (Å²) in [7, 11) is 0. The van der Waals surface area contributed by atoms with Crippen molar-refractivity contribution in [3.63, 3.8) is 0 Å². The van der Waals surface area contributed by atoms with E-state index in [4.69, 9.17) is 11.6 Å². The molecule has 25 heavy (non-hydrogen) atoms. The Labute approximate surface area is 147 Å². The van der Waals surface area contributed by atoms with E-state index in [0.29, 0.717) is 22.1 Å². The molecule has 0 aliphatic rings. The lowest BCUT2D eigenvalue weighted by atomic mass is 10.2. The predicted octanol–water partition coefficient (Wildman–Crippen LogP) is 5.01. The number of amides is 1.